The zero-order valence-corrected chi connectivity index (χ0v) is 35.4. The first-order valence-electron chi connectivity index (χ1n) is 23.8. The lowest BCUT2D eigenvalue weighted by Crippen LogP contribution is -2.46. The van der Waals surface area contributed by atoms with Gasteiger partial charge in [-0.15, -0.1) is 0 Å². The van der Waals surface area contributed by atoms with Gasteiger partial charge in [0, 0.05) is 19.8 Å². The van der Waals surface area contributed by atoms with Crippen LogP contribution in [0.5, 0.6) is 0 Å². The number of carbonyl (C=O) groups excluding carboxylic acids is 1. The van der Waals surface area contributed by atoms with Gasteiger partial charge < -0.3 is 0 Å². The number of unbranched alkanes of at least 4 members (excludes halogenated alkanes) is 35. The van der Waals surface area contributed by atoms with Crippen LogP contribution >= 0.6 is 0 Å². The Morgan fingerprint density at radius 3 is 1.14 bits per heavy atom. The number of hydrogen-bond donors (Lipinski definition) is 2. The topological polar surface area (TPSA) is 44.1 Å². The smallest absolute Gasteiger partial charge is 0.226 e. The van der Waals surface area contributed by atoms with Crippen LogP contribution in [0.15, 0.2) is 0 Å². The highest BCUT2D eigenvalue weighted by Crippen LogP contribution is 2.17. The summed E-state index contributed by atoms with van der Waals surface area (Å²) in [6.45, 7) is 7.67. The number of nitrogens with one attached hydrogen (secondary N) is 2. The normalized spacial score (nSPS) is 15.0. The molecule has 0 aromatic carbocycles. The van der Waals surface area contributed by atoms with Crippen molar-refractivity contribution in [3.63, 3.8) is 0 Å². The molecule has 51 heavy (non-hydrogen) atoms. The van der Waals surface area contributed by atoms with Gasteiger partial charge in [0.2, 0.25) is 18.2 Å². The van der Waals surface area contributed by atoms with Crippen LogP contribution in [0, 0.1) is 0 Å². The minimum atomic E-state index is 0.0772. The van der Waals surface area contributed by atoms with Crippen molar-refractivity contribution in [3.8, 4) is 0 Å². The third kappa shape index (κ3) is 32.3. The van der Waals surface area contributed by atoms with Crippen LogP contribution in [0.2, 0.25) is 0 Å². The van der Waals surface area contributed by atoms with E-state index in [9.17, 15) is 4.79 Å². The summed E-state index contributed by atoms with van der Waals surface area (Å²) in [6.07, 6.45) is 56.5. The molecule has 1 amide bonds. The van der Waals surface area contributed by atoms with Gasteiger partial charge in [0.25, 0.3) is 0 Å². The maximum Gasteiger partial charge on any atom is 0.226 e. The van der Waals surface area contributed by atoms with Crippen molar-refractivity contribution >= 4 is 12.1 Å². The van der Waals surface area contributed by atoms with Crippen LogP contribution in [0.4, 0.5) is 0 Å². The molecule has 0 aromatic heterocycles. The average molecular weight is 717 g/mol. The van der Waals surface area contributed by atoms with E-state index in [1.165, 1.54) is 238 Å². The summed E-state index contributed by atoms with van der Waals surface area (Å²) < 4.78 is 2.36. The first-order chi connectivity index (χ1) is 25.2. The number of rotatable bonds is 41. The zero-order valence-electron chi connectivity index (χ0n) is 35.4. The lowest BCUT2D eigenvalue weighted by molar-refractivity contribution is -0.595. The fourth-order valence-corrected chi connectivity index (χ4v) is 8.19. The van der Waals surface area contributed by atoms with Crippen molar-refractivity contribution in [3.05, 3.63) is 0 Å². The van der Waals surface area contributed by atoms with Gasteiger partial charge >= 0.3 is 0 Å². The molecular formula is C47H94N3O+. The predicted octanol–water partition coefficient (Wildman–Crippen LogP) is 14.7. The van der Waals surface area contributed by atoms with Gasteiger partial charge in [0.1, 0.15) is 0 Å². The fourth-order valence-electron chi connectivity index (χ4n) is 8.19. The molecule has 0 saturated carbocycles. The van der Waals surface area contributed by atoms with Crippen molar-refractivity contribution in [2.24, 2.45) is 0 Å². The van der Waals surface area contributed by atoms with Crippen LogP contribution in [-0.2, 0) is 4.79 Å². The van der Waals surface area contributed by atoms with E-state index in [1.807, 2.05) is 0 Å². The summed E-state index contributed by atoms with van der Waals surface area (Å²) in [6, 6.07) is 0. The Morgan fingerprint density at radius 1 is 0.510 bits per heavy atom. The molecule has 0 spiro atoms. The van der Waals surface area contributed by atoms with Crippen LogP contribution < -0.4 is 10.6 Å². The summed E-state index contributed by atoms with van der Waals surface area (Å²) in [5.41, 5.74) is 0. The van der Waals surface area contributed by atoms with E-state index in [4.69, 9.17) is 0 Å². The Kier molecular flexibility index (Phi) is 36.6. The molecule has 0 saturated heterocycles. The van der Waals surface area contributed by atoms with Gasteiger partial charge in [0.15, 0.2) is 6.21 Å². The maximum absolute atomic E-state index is 12.7. The highest BCUT2D eigenvalue weighted by molar-refractivity contribution is 5.76. The maximum atomic E-state index is 12.7. The minimum absolute atomic E-state index is 0.0772. The third-order valence-electron chi connectivity index (χ3n) is 11.7. The van der Waals surface area contributed by atoms with Crippen molar-refractivity contribution in [1.29, 1.82) is 0 Å². The number of amides is 1. The SMILES string of the molecule is CCCCCCCCCCCCCCCCCCCCCC1NCC=[N+]1C(C)NC(=O)CCCCCCCCCCCCCCCCCCCC. The molecule has 2 atom stereocenters. The summed E-state index contributed by atoms with van der Waals surface area (Å²) in [7, 11) is 0. The molecule has 4 nitrogen and oxygen atoms in total. The lowest BCUT2D eigenvalue weighted by Gasteiger charge is -2.17. The highest BCUT2D eigenvalue weighted by Gasteiger charge is 2.30. The first kappa shape index (κ1) is 48.1. The number of nitrogens with zero attached hydrogens (tertiary/aromatic N) is 1. The van der Waals surface area contributed by atoms with E-state index in [0.717, 1.165) is 13.0 Å². The number of carbonyl (C=O) groups is 1. The standard InChI is InChI=1S/C47H93N3O/c1-4-6-8-10-12-14-16-18-20-22-24-25-27-29-31-33-35-37-39-41-46-48-43-44-50(46)45(3)49-47(51)42-40-38-36-34-32-30-28-26-23-21-19-17-15-13-11-9-7-5-2/h44-46,48H,4-43H2,1-3H3/p+1. The molecule has 1 aliphatic heterocycles. The summed E-state index contributed by atoms with van der Waals surface area (Å²) in [4.78, 5) is 12.7. The summed E-state index contributed by atoms with van der Waals surface area (Å²) in [5, 5.41) is 6.93. The van der Waals surface area contributed by atoms with Gasteiger partial charge in [0.05, 0.1) is 6.54 Å². The van der Waals surface area contributed by atoms with Crippen LogP contribution in [0.25, 0.3) is 0 Å². The van der Waals surface area contributed by atoms with Gasteiger partial charge in [-0.1, -0.05) is 239 Å². The summed E-state index contributed by atoms with van der Waals surface area (Å²) in [5.74, 6) is 0.224. The Morgan fingerprint density at radius 2 is 0.804 bits per heavy atom. The second kappa shape index (κ2) is 38.8. The Hall–Kier alpha value is -0.900. The number of hydrogen-bond acceptors (Lipinski definition) is 2. The monoisotopic (exact) mass is 717 g/mol. The van der Waals surface area contributed by atoms with Gasteiger partial charge in [-0.25, -0.2) is 9.89 Å². The quantitative estimate of drug-likeness (QED) is 0.0489. The third-order valence-corrected chi connectivity index (χ3v) is 11.7. The fraction of sp³-hybridized carbons (Fsp3) is 0.957. The van der Waals surface area contributed by atoms with E-state index in [2.05, 4.69) is 42.2 Å². The first-order valence-corrected chi connectivity index (χ1v) is 23.8. The average Bonchev–Trinajstić information content (AvgIpc) is 3.61. The van der Waals surface area contributed by atoms with E-state index in [0.29, 0.717) is 12.6 Å². The van der Waals surface area contributed by atoms with Crippen molar-refractivity contribution in [2.75, 3.05) is 6.54 Å². The molecular weight excluding hydrogens is 623 g/mol. The zero-order chi connectivity index (χ0) is 36.7. The van der Waals surface area contributed by atoms with Crippen molar-refractivity contribution in [2.45, 2.75) is 284 Å². The van der Waals surface area contributed by atoms with Gasteiger partial charge in [-0.05, 0) is 12.8 Å². The molecule has 0 bridgehead atoms. The Balaban J connectivity index is 1.87. The van der Waals surface area contributed by atoms with Gasteiger partial charge in [-0.3, -0.25) is 10.1 Å². The molecule has 1 aliphatic rings. The predicted molar refractivity (Wildman–Crippen MR) is 227 cm³/mol. The summed E-state index contributed by atoms with van der Waals surface area (Å²) >= 11 is 0. The molecule has 0 radical (unpaired) electrons. The van der Waals surface area contributed by atoms with Crippen molar-refractivity contribution < 1.29 is 9.37 Å². The second-order valence-corrected chi connectivity index (χ2v) is 16.7. The molecule has 0 aliphatic carbocycles. The molecule has 4 heteroatoms. The van der Waals surface area contributed by atoms with Crippen LogP contribution in [-0.4, -0.2) is 35.6 Å². The van der Waals surface area contributed by atoms with E-state index < -0.39 is 0 Å². The van der Waals surface area contributed by atoms with Crippen LogP contribution in [0.3, 0.4) is 0 Å². The van der Waals surface area contributed by atoms with Gasteiger partial charge in [-0.2, -0.15) is 0 Å². The highest BCUT2D eigenvalue weighted by atomic mass is 16.1. The molecule has 2 N–H and O–H groups in total. The molecule has 2 unspecified atom stereocenters. The van der Waals surface area contributed by atoms with E-state index >= 15 is 0 Å². The molecule has 302 valence electrons. The molecule has 0 fully saturated rings. The molecule has 0 aromatic rings. The Bertz CT molecular complexity index is 752. The lowest BCUT2D eigenvalue weighted by atomic mass is 10.0. The van der Waals surface area contributed by atoms with Crippen LogP contribution in [0.1, 0.15) is 271 Å². The second-order valence-electron chi connectivity index (χ2n) is 16.7. The van der Waals surface area contributed by atoms with E-state index in [1.54, 1.807) is 0 Å². The molecule has 1 rings (SSSR count). The molecule has 1 heterocycles. The minimum Gasteiger partial charge on any atom is -0.299 e. The Labute approximate surface area is 321 Å². The largest absolute Gasteiger partial charge is 0.299 e. The van der Waals surface area contributed by atoms with E-state index in [-0.39, 0.29) is 12.1 Å². The van der Waals surface area contributed by atoms with Crippen molar-refractivity contribution in [1.82, 2.24) is 10.6 Å².